The van der Waals surface area contributed by atoms with Crippen molar-refractivity contribution in [1.82, 2.24) is 24.6 Å². The monoisotopic (exact) mass is 437 g/mol. The van der Waals surface area contributed by atoms with E-state index in [1.54, 1.807) is 18.5 Å². The average molecular weight is 437 g/mol. The number of halogens is 1. The third kappa shape index (κ3) is 3.46. The van der Waals surface area contributed by atoms with E-state index in [4.69, 9.17) is 0 Å². The number of nitrogens with one attached hydrogen (secondary N) is 2. The Bertz CT molecular complexity index is 1220. The fourth-order valence-electron chi connectivity index (χ4n) is 4.41. The molecular weight excluding hydrogens is 413 g/mol. The smallest absolute Gasteiger partial charge is 0.269 e. The summed E-state index contributed by atoms with van der Waals surface area (Å²) >= 11 is 0. The molecule has 1 atom stereocenters. The number of hydrogen-bond donors (Lipinski definition) is 2. The van der Waals surface area contributed by atoms with Crippen LogP contribution in [0.25, 0.3) is 5.52 Å². The fraction of sp³-hybridized carbons (Fsp3) is 0.364. The lowest BCUT2D eigenvalue weighted by molar-refractivity contribution is -0.117. The van der Waals surface area contributed by atoms with Crippen LogP contribution in [0.15, 0.2) is 30.7 Å². The van der Waals surface area contributed by atoms with E-state index in [0.717, 1.165) is 35.6 Å². The van der Waals surface area contributed by atoms with Gasteiger partial charge in [0.25, 0.3) is 5.91 Å². The number of aromatic nitrogens is 3. The lowest BCUT2D eigenvalue weighted by atomic mass is 10.0. The summed E-state index contributed by atoms with van der Waals surface area (Å²) in [4.78, 5) is 36.4. The molecule has 2 N–H and O–H groups in total. The first-order valence-electron chi connectivity index (χ1n) is 10.6. The Labute approximate surface area is 184 Å². The third-order valence-electron chi connectivity index (χ3n) is 6.18. The van der Waals surface area contributed by atoms with E-state index in [0.29, 0.717) is 25.3 Å². The molecule has 9 nitrogen and oxygen atoms in total. The number of hydrogen-bond acceptors (Lipinski definition) is 6. The van der Waals surface area contributed by atoms with Gasteiger partial charge in [0.1, 0.15) is 5.69 Å². The van der Waals surface area contributed by atoms with Crippen LogP contribution >= 0.6 is 0 Å². The first kappa shape index (κ1) is 20.4. The van der Waals surface area contributed by atoms with Crippen molar-refractivity contribution in [2.45, 2.75) is 19.4 Å². The molecule has 1 saturated heterocycles. The summed E-state index contributed by atoms with van der Waals surface area (Å²) < 4.78 is 16.5. The quantitative estimate of drug-likeness (QED) is 0.603. The second-order valence-electron chi connectivity index (χ2n) is 8.21. The number of nitrogens with zero attached hydrogens (tertiary/aromatic N) is 5. The van der Waals surface area contributed by atoms with Crippen LogP contribution in [0.3, 0.4) is 0 Å². The molecule has 10 heteroatoms. The van der Waals surface area contributed by atoms with Crippen molar-refractivity contribution in [3.63, 3.8) is 0 Å². The Kier molecular flexibility index (Phi) is 5.01. The molecule has 2 amide bonds. The van der Waals surface area contributed by atoms with Gasteiger partial charge in [-0.3, -0.25) is 14.5 Å². The standard InChI is InChI=1S/C22H24FN7O2/c1-13-18-19-16(27-21(13)31)9-14(11-30(19)12-25-18)10-28-5-7-29(8-6-28)17-4-3-15(22(32)24-2)26-20(17)23/h3-4,9,11-13H,5-8,10H2,1-2H3,(H,24,32)(H,27,31)/t13-/m1/s1. The van der Waals surface area contributed by atoms with Crippen LogP contribution in [-0.4, -0.2) is 64.3 Å². The highest BCUT2D eigenvalue weighted by Crippen LogP contribution is 2.33. The number of piperazine rings is 1. The largest absolute Gasteiger partial charge is 0.365 e. The number of anilines is 2. The van der Waals surface area contributed by atoms with Crippen molar-refractivity contribution in [3.8, 4) is 0 Å². The van der Waals surface area contributed by atoms with Gasteiger partial charge in [-0.1, -0.05) is 0 Å². The fourth-order valence-corrected chi connectivity index (χ4v) is 4.41. The molecule has 32 heavy (non-hydrogen) atoms. The summed E-state index contributed by atoms with van der Waals surface area (Å²) in [5, 5.41) is 5.43. The van der Waals surface area contributed by atoms with Crippen molar-refractivity contribution in [3.05, 3.63) is 53.6 Å². The summed E-state index contributed by atoms with van der Waals surface area (Å²) in [5.41, 5.74) is 4.10. The van der Waals surface area contributed by atoms with E-state index in [1.165, 1.54) is 7.05 Å². The minimum absolute atomic E-state index is 0.0399. The summed E-state index contributed by atoms with van der Waals surface area (Å²) in [6.07, 6.45) is 3.80. The summed E-state index contributed by atoms with van der Waals surface area (Å²) in [7, 11) is 1.49. The van der Waals surface area contributed by atoms with Gasteiger partial charge in [-0.15, -0.1) is 0 Å². The highest BCUT2D eigenvalue weighted by atomic mass is 19.1. The predicted octanol–water partition coefficient (Wildman–Crippen LogP) is 1.61. The van der Waals surface area contributed by atoms with Gasteiger partial charge in [0, 0.05) is 46.0 Å². The molecule has 2 aliphatic rings. The predicted molar refractivity (Wildman–Crippen MR) is 117 cm³/mol. The van der Waals surface area contributed by atoms with Crippen LogP contribution in [0.1, 0.15) is 34.6 Å². The van der Waals surface area contributed by atoms with E-state index >= 15 is 0 Å². The van der Waals surface area contributed by atoms with Crippen LogP contribution in [0.4, 0.5) is 15.8 Å². The van der Waals surface area contributed by atoms with E-state index in [1.807, 2.05) is 28.5 Å². The molecule has 1 fully saturated rings. The van der Waals surface area contributed by atoms with Gasteiger partial charge in [-0.2, -0.15) is 4.39 Å². The Hall–Kier alpha value is -3.53. The van der Waals surface area contributed by atoms with Gasteiger partial charge in [0.15, 0.2) is 0 Å². The van der Waals surface area contributed by atoms with Gasteiger partial charge in [-0.25, -0.2) is 9.97 Å². The van der Waals surface area contributed by atoms with Crippen LogP contribution < -0.4 is 15.5 Å². The molecular formula is C22H24FN7O2. The summed E-state index contributed by atoms with van der Waals surface area (Å²) in [5.74, 6) is -1.34. The number of rotatable bonds is 4. The molecule has 3 aromatic rings. The number of imidazole rings is 1. The van der Waals surface area contributed by atoms with Gasteiger partial charge in [0.2, 0.25) is 11.9 Å². The van der Waals surface area contributed by atoms with Crippen LogP contribution in [0.5, 0.6) is 0 Å². The lowest BCUT2D eigenvalue weighted by Gasteiger charge is -2.36. The van der Waals surface area contributed by atoms with Crippen LogP contribution in [0.2, 0.25) is 0 Å². The minimum Gasteiger partial charge on any atom is -0.365 e. The molecule has 5 rings (SSSR count). The Morgan fingerprint density at radius 3 is 2.78 bits per heavy atom. The zero-order chi connectivity index (χ0) is 22.4. The number of amides is 2. The normalized spacial score (nSPS) is 18.7. The van der Waals surface area contributed by atoms with E-state index in [-0.39, 0.29) is 17.5 Å². The van der Waals surface area contributed by atoms with Crippen molar-refractivity contribution in [1.29, 1.82) is 0 Å². The Morgan fingerprint density at radius 2 is 2.06 bits per heavy atom. The highest BCUT2D eigenvalue weighted by Gasteiger charge is 2.28. The topological polar surface area (TPSA) is 94.9 Å². The molecule has 0 aromatic carbocycles. The maximum Gasteiger partial charge on any atom is 0.269 e. The lowest BCUT2D eigenvalue weighted by Crippen LogP contribution is -2.46. The SMILES string of the molecule is CNC(=O)c1ccc(N2CCN(Cc3cc4c5c(ncn5c3)[C@@H](C)C(=O)N4)CC2)c(F)n1. The van der Waals surface area contributed by atoms with Crippen LogP contribution in [-0.2, 0) is 11.3 Å². The molecule has 166 valence electrons. The van der Waals surface area contributed by atoms with Gasteiger partial charge < -0.3 is 19.9 Å². The maximum atomic E-state index is 14.5. The average Bonchev–Trinajstić information content (AvgIpc) is 3.22. The molecule has 5 heterocycles. The highest BCUT2D eigenvalue weighted by molar-refractivity contribution is 6.04. The van der Waals surface area contributed by atoms with Gasteiger partial charge in [-0.05, 0) is 30.7 Å². The molecule has 2 aliphatic heterocycles. The number of carbonyl (C=O) groups excluding carboxylic acids is 2. The molecule has 0 saturated carbocycles. The molecule has 0 aliphatic carbocycles. The molecule has 0 radical (unpaired) electrons. The second kappa shape index (κ2) is 7.86. The molecule has 0 bridgehead atoms. The second-order valence-corrected chi connectivity index (χ2v) is 8.21. The van der Waals surface area contributed by atoms with E-state index in [9.17, 15) is 14.0 Å². The Morgan fingerprint density at radius 1 is 1.28 bits per heavy atom. The van der Waals surface area contributed by atoms with Crippen molar-refractivity contribution in [2.75, 3.05) is 43.4 Å². The van der Waals surface area contributed by atoms with Crippen LogP contribution in [0, 0.1) is 5.95 Å². The first-order chi connectivity index (χ1) is 15.4. The van der Waals surface area contributed by atoms with Crippen molar-refractivity contribution < 1.29 is 14.0 Å². The Balaban J connectivity index is 1.27. The summed E-state index contributed by atoms with van der Waals surface area (Å²) in [6, 6.07) is 5.16. The van der Waals surface area contributed by atoms with Crippen molar-refractivity contribution in [2.24, 2.45) is 0 Å². The minimum atomic E-state index is -0.634. The number of carbonyl (C=O) groups is 2. The third-order valence-corrected chi connectivity index (χ3v) is 6.18. The molecule has 0 spiro atoms. The zero-order valence-corrected chi connectivity index (χ0v) is 17.9. The maximum absolute atomic E-state index is 14.5. The van der Waals surface area contributed by atoms with E-state index < -0.39 is 11.9 Å². The molecule has 0 unspecified atom stereocenters. The van der Waals surface area contributed by atoms with Gasteiger partial charge in [0.05, 0.1) is 34.8 Å². The van der Waals surface area contributed by atoms with E-state index in [2.05, 4.69) is 25.5 Å². The zero-order valence-electron chi connectivity index (χ0n) is 17.9. The molecule has 3 aromatic heterocycles. The number of pyridine rings is 2. The van der Waals surface area contributed by atoms with Crippen molar-refractivity contribution >= 4 is 28.7 Å². The summed E-state index contributed by atoms with van der Waals surface area (Å²) in [6.45, 7) is 5.38. The first-order valence-corrected chi connectivity index (χ1v) is 10.6. The van der Waals surface area contributed by atoms with Gasteiger partial charge >= 0.3 is 0 Å².